The number of oxime groups is 1. The van der Waals surface area contributed by atoms with Crippen LogP contribution >= 0.6 is 15.9 Å². The summed E-state index contributed by atoms with van der Waals surface area (Å²) < 4.78 is 0.888. The number of hydrogen-bond acceptors (Lipinski definition) is 4. The van der Waals surface area contributed by atoms with Crippen molar-refractivity contribution in [3.8, 4) is 0 Å². The molecule has 2 saturated carbocycles. The Morgan fingerprint density at radius 2 is 1.69 bits per heavy atom. The quantitative estimate of drug-likeness (QED) is 0.391. The summed E-state index contributed by atoms with van der Waals surface area (Å²) in [6.07, 6.45) is 2.10. The molecule has 0 heterocycles. The summed E-state index contributed by atoms with van der Waals surface area (Å²) in [4.78, 5) is 31.4. The standard InChI is InChI=1S/C26H29BrN2O3/c1-16-6-11-20(14-17(16)2)28-23(31)26-13-12-25(5,24(26,3)4)21(15-26)29-32-22(30)18-7-9-19(27)10-8-18/h6-11,14H,12-13,15H2,1-5H3,(H,28,31). The van der Waals surface area contributed by atoms with Gasteiger partial charge in [-0.15, -0.1) is 0 Å². The minimum atomic E-state index is -0.594. The molecule has 0 radical (unpaired) electrons. The third-order valence-electron chi connectivity index (χ3n) is 8.25. The number of rotatable bonds is 4. The minimum absolute atomic E-state index is 0.0129. The zero-order valence-electron chi connectivity index (χ0n) is 19.2. The normalized spacial score (nSPS) is 26.9. The van der Waals surface area contributed by atoms with Crippen LogP contribution in [0.2, 0.25) is 0 Å². The molecule has 6 heteroatoms. The van der Waals surface area contributed by atoms with Gasteiger partial charge in [0, 0.05) is 22.0 Å². The van der Waals surface area contributed by atoms with E-state index in [1.165, 1.54) is 5.56 Å². The Hall–Kier alpha value is -2.47. The zero-order chi connectivity index (χ0) is 23.3. The number of nitrogens with zero attached hydrogens (tertiary/aromatic N) is 1. The first-order chi connectivity index (χ1) is 15.0. The van der Waals surface area contributed by atoms with Gasteiger partial charge in [-0.05, 0) is 79.6 Å². The molecule has 0 saturated heterocycles. The first kappa shape index (κ1) is 22.7. The first-order valence-electron chi connectivity index (χ1n) is 10.9. The summed E-state index contributed by atoms with van der Waals surface area (Å²) in [6.45, 7) is 10.5. The van der Waals surface area contributed by atoms with Crippen molar-refractivity contribution in [3.05, 3.63) is 63.6 Å². The fraction of sp³-hybridized carbons (Fsp3) is 0.423. The number of hydrogen-bond donors (Lipinski definition) is 1. The van der Waals surface area contributed by atoms with Gasteiger partial charge in [-0.25, -0.2) is 4.79 Å². The van der Waals surface area contributed by atoms with Crippen molar-refractivity contribution >= 4 is 39.2 Å². The molecule has 5 nitrogen and oxygen atoms in total. The van der Waals surface area contributed by atoms with Crippen molar-refractivity contribution in [1.82, 2.24) is 0 Å². The molecule has 4 rings (SSSR count). The van der Waals surface area contributed by atoms with Crippen LogP contribution in [-0.2, 0) is 9.63 Å². The van der Waals surface area contributed by atoms with E-state index in [2.05, 4.69) is 54.1 Å². The SMILES string of the molecule is Cc1ccc(NC(=O)C23CCC(C)(C(=NOC(=O)c4ccc(Br)cc4)C2)C3(C)C)cc1C. The second-order valence-corrected chi connectivity index (χ2v) is 10.8. The molecule has 2 aromatic rings. The van der Waals surface area contributed by atoms with Crippen LogP contribution in [0.5, 0.6) is 0 Å². The van der Waals surface area contributed by atoms with E-state index in [1.807, 2.05) is 25.1 Å². The lowest BCUT2D eigenvalue weighted by Crippen LogP contribution is -2.43. The number of carbonyl (C=O) groups excluding carboxylic acids is 2. The van der Waals surface area contributed by atoms with Crippen LogP contribution < -0.4 is 5.32 Å². The van der Waals surface area contributed by atoms with E-state index in [0.717, 1.165) is 34.3 Å². The van der Waals surface area contributed by atoms with Crippen molar-refractivity contribution in [2.24, 2.45) is 21.4 Å². The van der Waals surface area contributed by atoms with Crippen molar-refractivity contribution in [2.75, 3.05) is 5.32 Å². The van der Waals surface area contributed by atoms with Crippen molar-refractivity contribution in [2.45, 2.75) is 53.9 Å². The highest BCUT2D eigenvalue weighted by Crippen LogP contribution is 2.71. The van der Waals surface area contributed by atoms with Gasteiger partial charge in [0.1, 0.15) is 0 Å². The van der Waals surface area contributed by atoms with Crippen molar-refractivity contribution < 1.29 is 14.4 Å². The predicted molar refractivity (Wildman–Crippen MR) is 130 cm³/mol. The number of benzene rings is 2. The van der Waals surface area contributed by atoms with Crippen LogP contribution in [0.1, 0.15) is 61.5 Å². The van der Waals surface area contributed by atoms with Crippen LogP contribution in [-0.4, -0.2) is 17.6 Å². The van der Waals surface area contributed by atoms with E-state index in [0.29, 0.717) is 12.0 Å². The van der Waals surface area contributed by atoms with E-state index in [1.54, 1.807) is 24.3 Å². The highest BCUT2D eigenvalue weighted by atomic mass is 79.9. The number of amides is 1. The minimum Gasteiger partial charge on any atom is -0.326 e. The number of carbonyl (C=O) groups is 2. The Morgan fingerprint density at radius 1 is 1.00 bits per heavy atom. The average molecular weight is 497 g/mol. The third-order valence-corrected chi connectivity index (χ3v) is 8.78. The molecule has 2 bridgehead atoms. The topological polar surface area (TPSA) is 67.8 Å². The molecule has 2 fully saturated rings. The van der Waals surface area contributed by atoms with E-state index in [9.17, 15) is 9.59 Å². The van der Waals surface area contributed by atoms with Gasteiger partial charge in [0.2, 0.25) is 5.91 Å². The van der Waals surface area contributed by atoms with Crippen LogP contribution in [0, 0.1) is 30.1 Å². The lowest BCUT2D eigenvalue weighted by atomic mass is 9.64. The van der Waals surface area contributed by atoms with Crippen LogP contribution in [0.3, 0.4) is 0 Å². The lowest BCUT2D eigenvalue weighted by molar-refractivity contribution is -0.130. The van der Waals surface area contributed by atoms with E-state index < -0.39 is 11.4 Å². The monoisotopic (exact) mass is 496 g/mol. The number of anilines is 1. The second-order valence-electron chi connectivity index (χ2n) is 9.89. The number of fused-ring (bicyclic) bond motifs is 2. The maximum absolute atomic E-state index is 13.6. The zero-order valence-corrected chi connectivity index (χ0v) is 20.8. The van der Waals surface area contributed by atoms with Crippen LogP contribution in [0.25, 0.3) is 0 Å². The Kier molecular flexibility index (Phi) is 5.56. The summed E-state index contributed by atoms with van der Waals surface area (Å²) >= 11 is 3.36. The third kappa shape index (κ3) is 3.40. The maximum atomic E-state index is 13.6. The smallest absolute Gasteiger partial charge is 0.326 e. The van der Waals surface area contributed by atoms with E-state index in [4.69, 9.17) is 4.84 Å². The van der Waals surface area contributed by atoms with Gasteiger partial charge >= 0.3 is 5.97 Å². The predicted octanol–water partition coefficient (Wildman–Crippen LogP) is 6.43. The maximum Gasteiger partial charge on any atom is 0.365 e. The fourth-order valence-corrected chi connectivity index (χ4v) is 5.59. The molecule has 0 aliphatic heterocycles. The molecule has 1 N–H and O–H groups in total. The molecule has 2 aromatic carbocycles. The lowest BCUT2D eigenvalue weighted by Gasteiger charge is -2.39. The summed E-state index contributed by atoms with van der Waals surface area (Å²) in [5, 5.41) is 7.46. The molecular weight excluding hydrogens is 468 g/mol. The van der Waals surface area contributed by atoms with Gasteiger partial charge in [-0.3, -0.25) is 4.79 Å². The molecule has 0 spiro atoms. The molecule has 168 valence electrons. The van der Waals surface area contributed by atoms with Gasteiger partial charge in [-0.1, -0.05) is 47.9 Å². The average Bonchev–Trinajstić information content (AvgIpc) is 3.06. The Labute approximate surface area is 197 Å². The summed E-state index contributed by atoms with van der Waals surface area (Å²) in [5.41, 5.74) is 3.14. The number of nitrogens with one attached hydrogen (secondary N) is 1. The van der Waals surface area contributed by atoms with Crippen molar-refractivity contribution in [1.29, 1.82) is 0 Å². The summed E-state index contributed by atoms with van der Waals surface area (Å²) in [6, 6.07) is 12.9. The summed E-state index contributed by atoms with van der Waals surface area (Å²) in [7, 11) is 0. The first-order valence-corrected chi connectivity index (χ1v) is 11.7. The molecule has 2 atom stereocenters. The van der Waals surface area contributed by atoms with Crippen molar-refractivity contribution in [3.63, 3.8) is 0 Å². The second kappa shape index (κ2) is 7.84. The molecule has 1 amide bonds. The Balaban J connectivity index is 1.58. The van der Waals surface area contributed by atoms with Gasteiger partial charge in [0.05, 0.1) is 16.7 Å². The highest BCUT2D eigenvalue weighted by Gasteiger charge is 2.71. The Morgan fingerprint density at radius 3 is 2.34 bits per heavy atom. The van der Waals surface area contributed by atoms with Crippen LogP contribution in [0.4, 0.5) is 5.69 Å². The molecular formula is C26H29BrN2O3. The number of halogens is 1. The molecule has 2 aliphatic rings. The van der Waals surface area contributed by atoms with E-state index >= 15 is 0 Å². The molecule has 0 aromatic heterocycles. The largest absolute Gasteiger partial charge is 0.365 e. The van der Waals surface area contributed by atoms with Gasteiger partial charge in [0.25, 0.3) is 0 Å². The highest BCUT2D eigenvalue weighted by molar-refractivity contribution is 9.10. The van der Waals surface area contributed by atoms with Gasteiger partial charge < -0.3 is 10.2 Å². The summed E-state index contributed by atoms with van der Waals surface area (Å²) in [5.74, 6) is -0.485. The van der Waals surface area contributed by atoms with E-state index in [-0.39, 0.29) is 16.7 Å². The van der Waals surface area contributed by atoms with Gasteiger partial charge in [-0.2, -0.15) is 0 Å². The van der Waals surface area contributed by atoms with Gasteiger partial charge in [0.15, 0.2) is 0 Å². The molecule has 2 aliphatic carbocycles. The van der Waals surface area contributed by atoms with Crippen LogP contribution in [0.15, 0.2) is 52.1 Å². The Bertz CT molecular complexity index is 1120. The number of aryl methyl sites for hydroxylation is 2. The molecule has 32 heavy (non-hydrogen) atoms. The fourth-order valence-electron chi connectivity index (χ4n) is 5.33. The molecule has 2 unspecified atom stereocenters.